The number of carbonyl (C=O) groups is 2. The van der Waals surface area contributed by atoms with Crippen LogP contribution in [-0.4, -0.2) is 31.8 Å². The van der Waals surface area contributed by atoms with Gasteiger partial charge in [0.2, 0.25) is 0 Å². The van der Waals surface area contributed by atoms with E-state index in [9.17, 15) is 9.59 Å². The van der Waals surface area contributed by atoms with Gasteiger partial charge in [0.25, 0.3) is 5.91 Å². The Morgan fingerprint density at radius 2 is 1.66 bits per heavy atom. The molecule has 0 heterocycles. The van der Waals surface area contributed by atoms with Gasteiger partial charge in [0.15, 0.2) is 0 Å². The van der Waals surface area contributed by atoms with Crippen LogP contribution in [0, 0.1) is 5.92 Å². The molecular formula is C22H28N2O5. The second-order valence-corrected chi connectivity index (χ2v) is 6.99. The van der Waals surface area contributed by atoms with Crippen LogP contribution in [0.4, 0.5) is 16.2 Å². The molecule has 7 heteroatoms. The smallest absolute Gasteiger partial charge is 0.411 e. The summed E-state index contributed by atoms with van der Waals surface area (Å²) in [6, 6.07) is 14.3. The maximum atomic E-state index is 12.4. The second kappa shape index (κ2) is 11.1. The molecule has 0 saturated heterocycles. The minimum atomic E-state index is -0.658. The average Bonchev–Trinajstić information content (AvgIpc) is 2.70. The molecule has 1 atom stereocenters. The van der Waals surface area contributed by atoms with Gasteiger partial charge in [-0.2, -0.15) is 0 Å². The number of amides is 2. The van der Waals surface area contributed by atoms with Gasteiger partial charge in [0, 0.05) is 11.4 Å². The van der Waals surface area contributed by atoms with Crippen molar-refractivity contribution in [3.63, 3.8) is 0 Å². The van der Waals surface area contributed by atoms with Crippen molar-refractivity contribution in [1.29, 1.82) is 0 Å². The standard InChI is InChI=1S/C22H28N2O5/c1-15(2)13-29-22(26)24-19-9-6-8-18(12-19)23-21(25)16(3)28-14-17-7-5-10-20(11-17)27-4/h5-12,15-16H,13-14H2,1-4H3,(H,23,25)(H,24,26). The summed E-state index contributed by atoms with van der Waals surface area (Å²) in [6.45, 7) is 6.22. The molecule has 2 N–H and O–H groups in total. The van der Waals surface area contributed by atoms with E-state index in [4.69, 9.17) is 14.2 Å². The molecule has 7 nitrogen and oxygen atoms in total. The van der Waals surface area contributed by atoms with Crippen molar-refractivity contribution in [1.82, 2.24) is 0 Å². The van der Waals surface area contributed by atoms with Crippen LogP contribution in [-0.2, 0) is 20.9 Å². The molecule has 2 rings (SSSR count). The molecule has 2 aromatic rings. The van der Waals surface area contributed by atoms with Gasteiger partial charge in [-0.3, -0.25) is 10.1 Å². The number of benzene rings is 2. The van der Waals surface area contributed by atoms with Gasteiger partial charge in [0.1, 0.15) is 11.9 Å². The molecule has 0 bridgehead atoms. The zero-order valence-electron chi connectivity index (χ0n) is 17.2. The molecule has 0 aliphatic carbocycles. The van der Waals surface area contributed by atoms with Crippen LogP contribution in [0.5, 0.6) is 5.75 Å². The second-order valence-electron chi connectivity index (χ2n) is 6.99. The molecule has 0 fully saturated rings. The zero-order chi connectivity index (χ0) is 21.2. The van der Waals surface area contributed by atoms with Crippen molar-refractivity contribution in [3.05, 3.63) is 54.1 Å². The van der Waals surface area contributed by atoms with Crippen molar-refractivity contribution in [2.45, 2.75) is 33.5 Å². The first kappa shape index (κ1) is 22.2. The Labute approximate surface area is 171 Å². The Balaban J connectivity index is 1.86. The third-order valence-corrected chi connectivity index (χ3v) is 3.93. The van der Waals surface area contributed by atoms with Gasteiger partial charge >= 0.3 is 6.09 Å². The van der Waals surface area contributed by atoms with Crippen LogP contribution < -0.4 is 15.4 Å². The van der Waals surface area contributed by atoms with Crippen LogP contribution >= 0.6 is 0 Å². The first-order valence-corrected chi connectivity index (χ1v) is 9.46. The van der Waals surface area contributed by atoms with E-state index in [1.54, 1.807) is 38.3 Å². The highest BCUT2D eigenvalue weighted by molar-refractivity contribution is 5.95. The Hall–Kier alpha value is -3.06. The lowest BCUT2D eigenvalue weighted by molar-refractivity contribution is -0.127. The molecule has 29 heavy (non-hydrogen) atoms. The fourth-order valence-corrected chi connectivity index (χ4v) is 2.37. The number of anilines is 2. The number of rotatable bonds is 9. The Morgan fingerprint density at radius 1 is 0.966 bits per heavy atom. The molecule has 0 spiro atoms. The summed E-state index contributed by atoms with van der Waals surface area (Å²) in [7, 11) is 1.60. The van der Waals surface area contributed by atoms with Gasteiger partial charge in [-0.25, -0.2) is 4.79 Å². The predicted molar refractivity (Wildman–Crippen MR) is 112 cm³/mol. The minimum absolute atomic E-state index is 0.254. The third-order valence-electron chi connectivity index (χ3n) is 3.93. The summed E-state index contributed by atoms with van der Waals surface area (Å²) in [6.07, 6.45) is -1.19. The maximum absolute atomic E-state index is 12.4. The quantitative estimate of drug-likeness (QED) is 0.650. The Bertz CT molecular complexity index is 822. The first-order chi connectivity index (χ1) is 13.9. The van der Waals surface area contributed by atoms with E-state index in [1.165, 1.54) is 0 Å². The molecule has 2 amide bonds. The minimum Gasteiger partial charge on any atom is -0.497 e. The monoisotopic (exact) mass is 400 g/mol. The number of ether oxygens (including phenoxy) is 3. The Morgan fingerprint density at radius 3 is 2.34 bits per heavy atom. The lowest BCUT2D eigenvalue weighted by Gasteiger charge is -2.15. The molecule has 156 valence electrons. The van der Waals surface area contributed by atoms with Crippen LogP contribution in [0.15, 0.2) is 48.5 Å². The number of methoxy groups -OCH3 is 1. The SMILES string of the molecule is COc1cccc(COC(C)C(=O)Nc2cccc(NC(=O)OCC(C)C)c2)c1. The van der Waals surface area contributed by atoms with Crippen LogP contribution in [0.25, 0.3) is 0 Å². The van der Waals surface area contributed by atoms with E-state index in [0.717, 1.165) is 11.3 Å². The number of carbonyl (C=O) groups excluding carboxylic acids is 2. The maximum Gasteiger partial charge on any atom is 0.411 e. The van der Waals surface area contributed by atoms with E-state index < -0.39 is 12.2 Å². The molecule has 0 aliphatic rings. The lowest BCUT2D eigenvalue weighted by atomic mass is 10.2. The third kappa shape index (κ3) is 7.83. The van der Waals surface area contributed by atoms with Crippen molar-refractivity contribution < 1.29 is 23.8 Å². The van der Waals surface area contributed by atoms with Gasteiger partial charge in [-0.05, 0) is 48.7 Å². The summed E-state index contributed by atoms with van der Waals surface area (Å²) < 4.78 is 15.9. The number of hydrogen-bond donors (Lipinski definition) is 2. The van der Waals surface area contributed by atoms with Gasteiger partial charge in [-0.15, -0.1) is 0 Å². The van der Waals surface area contributed by atoms with Crippen molar-refractivity contribution in [2.75, 3.05) is 24.4 Å². The van der Waals surface area contributed by atoms with Gasteiger partial charge in [0.05, 0.1) is 20.3 Å². The van der Waals surface area contributed by atoms with Crippen molar-refractivity contribution in [3.8, 4) is 5.75 Å². The molecule has 2 aromatic carbocycles. The predicted octanol–water partition coefficient (Wildman–Crippen LogP) is 4.44. The topological polar surface area (TPSA) is 85.9 Å². The fourth-order valence-electron chi connectivity index (χ4n) is 2.37. The summed E-state index contributed by atoms with van der Waals surface area (Å²) in [5, 5.41) is 5.43. The van der Waals surface area contributed by atoms with E-state index in [-0.39, 0.29) is 18.4 Å². The van der Waals surface area contributed by atoms with Crippen molar-refractivity contribution in [2.24, 2.45) is 5.92 Å². The molecular weight excluding hydrogens is 372 g/mol. The molecule has 0 saturated carbocycles. The summed E-state index contributed by atoms with van der Waals surface area (Å²) in [4.78, 5) is 24.2. The molecule has 0 aromatic heterocycles. The van der Waals surface area contributed by atoms with E-state index in [0.29, 0.717) is 18.0 Å². The Kier molecular flexibility index (Phi) is 8.48. The largest absolute Gasteiger partial charge is 0.497 e. The fraction of sp³-hybridized carbons (Fsp3) is 0.364. The highest BCUT2D eigenvalue weighted by Gasteiger charge is 2.14. The van der Waals surface area contributed by atoms with E-state index in [1.807, 2.05) is 38.1 Å². The van der Waals surface area contributed by atoms with E-state index >= 15 is 0 Å². The van der Waals surface area contributed by atoms with Crippen molar-refractivity contribution >= 4 is 23.4 Å². The molecule has 1 unspecified atom stereocenters. The molecule has 0 aliphatic heterocycles. The average molecular weight is 400 g/mol. The highest BCUT2D eigenvalue weighted by Crippen LogP contribution is 2.17. The van der Waals surface area contributed by atoms with Gasteiger partial charge < -0.3 is 19.5 Å². The highest BCUT2D eigenvalue weighted by atomic mass is 16.5. The molecule has 0 radical (unpaired) electrons. The summed E-state index contributed by atoms with van der Waals surface area (Å²) in [5.41, 5.74) is 1.99. The number of nitrogens with one attached hydrogen (secondary N) is 2. The first-order valence-electron chi connectivity index (χ1n) is 9.46. The summed E-state index contributed by atoms with van der Waals surface area (Å²) >= 11 is 0. The normalized spacial score (nSPS) is 11.6. The lowest BCUT2D eigenvalue weighted by Crippen LogP contribution is -2.27. The summed E-state index contributed by atoms with van der Waals surface area (Å²) in [5.74, 6) is 0.705. The number of hydrogen-bond acceptors (Lipinski definition) is 5. The zero-order valence-corrected chi connectivity index (χ0v) is 17.2. The van der Waals surface area contributed by atoms with E-state index in [2.05, 4.69) is 10.6 Å². The van der Waals surface area contributed by atoms with Crippen LogP contribution in [0.2, 0.25) is 0 Å². The van der Waals surface area contributed by atoms with Gasteiger partial charge in [-0.1, -0.05) is 32.0 Å². The van der Waals surface area contributed by atoms with Crippen LogP contribution in [0.3, 0.4) is 0 Å². The van der Waals surface area contributed by atoms with Crippen LogP contribution in [0.1, 0.15) is 26.3 Å².